The van der Waals surface area contributed by atoms with Crippen LogP contribution in [0.1, 0.15) is 35.2 Å². The number of fused-ring (bicyclic) bond motifs is 1. The Labute approximate surface area is 149 Å². The first kappa shape index (κ1) is 15.2. The van der Waals surface area contributed by atoms with Crippen LogP contribution in [0.2, 0.25) is 0 Å². The van der Waals surface area contributed by atoms with Gasteiger partial charge in [-0.25, -0.2) is 4.68 Å². The molecule has 0 bridgehead atoms. The van der Waals surface area contributed by atoms with E-state index in [1.54, 1.807) is 0 Å². The molecule has 0 aliphatic carbocycles. The lowest BCUT2D eigenvalue weighted by Gasteiger charge is -2.31. The van der Waals surface area contributed by atoms with E-state index in [4.69, 9.17) is 5.73 Å². The second kappa shape index (κ2) is 5.94. The lowest BCUT2D eigenvalue weighted by molar-refractivity contribution is 0.431. The molecule has 1 aliphatic heterocycles. The number of nitrogen functional groups attached to an aromatic ring is 1. The van der Waals surface area contributed by atoms with Crippen LogP contribution in [0.3, 0.4) is 0 Å². The number of halogens is 1. The fourth-order valence-electron chi connectivity index (χ4n) is 3.26. The molecule has 0 saturated carbocycles. The van der Waals surface area contributed by atoms with Gasteiger partial charge in [-0.1, -0.05) is 57.9 Å². The lowest BCUT2D eigenvalue weighted by Crippen LogP contribution is -2.28. The van der Waals surface area contributed by atoms with Crippen LogP contribution in [0.25, 0.3) is 0 Å². The van der Waals surface area contributed by atoms with Gasteiger partial charge in [-0.2, -0.15) is 4.98 Å². The minimum atomic E-state index is 0.111. The summed E-state index contributed by atoms with van der Waals surface area (Å²) in [6, 6.07) is 17.2. The Morgan fingerprint density at radius 3 is 2.71 bits per heavy atom. The summed E-state index contributed by atoms with van der Waals surface area (Å²) in [7, 11) is 0. The molecular formula is C18H18BrN5. The molecular weight excluding hydrogens is 366 g/mol. The van der Waals surface area contributed by atoms with Crippen LogP contribution in [-0.4, -0.2) is 14.8 Å². The molecule has 0 unspecified atom stereocenters. The number of aromatic nitrogens is 3. The Bertz CT molecular complexity index is 871. The van der Waals surface area contributed by atoms with Crippen molar-refractivity contribution in [2.45, 2.75) is 25.4 Å². The van der Waals surface area contributed by atoms with Crippen molar-refractivity contribution in [3.8, 4) is 0 Å². The zero-order valence-electron chi connectivity index (χ0n) is 13.3. The van der Waals surface area contributed by atoms with E-state index in [0.717, 1.165) is 16.8 Å². The summed E-state index contributed by atoms with van der Waals surface area (Å²) < 4.78 is 2.98. The van der Waals surface area contributed by atoms with Gasteiger partial charge in [0.25, 0.3) is 0 Å². The monoisotopic (exact) mass is 383 g/mol. The normalized spacial score (nSPS) is 19.6. The molecule has 0 spiro atoms. The molecule has 5 nitrogen and oxygen atoms in total. The topological polar surface area (TPSA) is 68.8 Å². The van der Waals surface area contributed by atoms with Gasteiger partial charge >= 0.3 is 0 Å². The van der Waals surface area contributed by atoms with Crippen molar-refractivity contribution in [1.82, 2.24) is 14.8 Å². The Morgan fingerprint density at radius 1 is 1.17 bits per heavy atom. The fraction of sp³-hybridized carbons (Fsp3) is 0.222. The molecule has 122 valence electrons. The molecule has 0 amide bonds. The van der Waals surface area contributed by atoms with Gasteiger partial charge in [0, 0.05) is 4.47 Å². The highest BCUT2D eigenvalue weighted by Gasteiger charge is 2.30. The fourth-order valence-corrected chi connectivity index (χ4v) is 3.53. The average molecular weight is 384 g/mol. The Hall–Kier alpha value is -2.34. The number of benzene rings is 2. The van der Waals surface area contributed by atoms with Crippen molar-refractivity contribution in [2.75, 3.05) is 11.1 Å². The summed E-state index contributed by atoms with van der Waals surface area (Å²) >= 11 is 3.49. The van der Waals surface area contributed by atoms with Gasteiger partial charge in [-0.05, 0) is 36.6 Å². The van der Waals surface area contributed by atoms with E-state index >= 15 is 0 Å². The molecule has 6 heteroatoms. The molecule has 0 fully saturated rings. The minimum Gasteiger partial charge on any atom is -0.366 e. The number of hydrogen-bond donors (Lipinski definition) is 2. The molecule has 0 radical (unpaired) electrons. The van der Waals surface area contributed by atoms with Gasteiger partial charge in [0.1, 0.15) is 0 Å². The van der Waals surface area contributed by atoms with Gasteiger partial charge in [-0.3, -0.25) is 0 Å². The molecule has 2 atom stereocenters. The maximum absolute atomic E-state index is 5.84. The van der Waals surface area contributed by atoms with Gasteiger partial charge in [0.2, 0.25) is 11.9 Å². The Morgan fingerprint density at radius 2 is 1.96 bits per heavy atom. The number of hydrogen-bond acceptors (Lipinski definition) is 4. The number of nitrogens with two attached hydrogens (primary N) is 1. The second-order valence-electron chi connectivity index (χ2n) is 6.15. The average Bonchev–Trinajstić information content (AvgIpc) is 2.94. The van der Waals surface area contributed by atoms with E-state index in [1.165, 1.54) is 16.7 Å². The Balaban J connectivity index is 1.76. The van der Waals surface area contributed by atoms with Crippen LogP contribution in [0.4, 0.5) is 11.9 Å². The molecule has 3 aromatic rings. The second-order valence-corrected chi connectivity index (χ2v) is 7.07. The lowest BCUT2D eigenvalue weighted by atomic mass is 9.93. The van der Waals surface area contributed by atoms with Crippen molar-refractivity contribution in [1.29, 1.82) is 0 Å². The summed E-state index contributed by atoms with van der Waals surface area (Å²) in [5.41, 5.74) is 9.53. The summed E-state index contributed by atoms with van der Waals surface area (Å²) in [5.74, 6) is 1.02. The smallest absolute Gasteiger partial charge is 0.241 e. The zero-order chi connectivity index (χ0) is 16.7. The van der Waals surface area contributed by atoms with Crippen LogP contribution >= 0.6 is 15.9 Å². The SMILES string of the molecule is Cc1cccc([C@H]2C[C@H](c3ccc(Br)cc3)Nc3nc(N)nn32)c1. The van der Waals surface area contributed by atoms with E-state index in [9.17, 15) is 0 Å². The van der Waals surface area contributed by atoms with E-state index < -0.39 is 0 Å². The first-order valence-electron chi connectivity index (χ1n) is 7.91. The van der Waals surface area contributed by atoms with Crippen LogP contribution in [0, 0.1) is 6.92 Å². The third kappa shape index (κ3) is 2.78. The molecule has 2 aromatic carbocycles. The third-order valence-corrected chi connectivity index (χ3v) is 4.93. The standard InChI is InChI=1S/C18H18BrN5/c1-11-3-2-4-13(9-11)16-10-15(12-5-7-14(19)8-6-12)21-18-22-17(20)23-24(16)18/h2-9,15-16H,10H2,1H3,(H3,20,21,22,23)/t15-,16-/m1/s1. The summed E-state index contributed by atoms with van der Waals surface area (Å²) in [4.78, 5) is 4.35. The van der Waals surface area contributed by atoms with Crippen LogP contribution < -0.4 is 11.1 Å². The maximum Gasteiger partial charge on any atom is 0.241 e. The summed E-state index contributed by atoms with van der Waals surface area (Å²) in [5, 5.41) is 7.86. The zero-order valence-corrected chi connectivity index (χ0v) is 14.9. The number of nitrogens with one attached hydrogen (secondary N) is 1. The quantitative estimate of drug-likeness (QED) is 0.699. The van der Waals surface area contributed by atoms with Gasteiger partial charge in [-0.15, -0.1) is 5.10 Å². The van der Waals surface area contributed by atoms with Crippen molar-refractivity contribution in [2.24, 2.45) is 0 Å². The molecule has 4 rings (SSSR count). The van der Waals surface area contributed by atoms with E-state index in [1.807, 2.05) is 4.68 Å². The highest BCUT2D eigenvalue weighted by Crippen LogP contribution is 2.38. The maximum atomic E-state index is 5.84. The number of nitrogens with zero attached hydrogens (tertiary/aromatic N) is 3. The van der Waals surface area contributed by atoms with Gasteiger partial charge in [0.15, 0.2) is 0 Å². The van der Waals surface area contributed by atoms with Crippen LogP contribution in [0.15, 0.2) is 53.0 Å². The number of rotatable bonds is 2. The molecule has 24 heavy (non-hydrogen) atoms. The number of aryl methyl sites for hydroxylation is 1. The van der Waals surface area contributed by atoms with E-state index in [0.29, 0.717) is 5.95 Å². The first-order valence-corrected chi connectivity index (χ1v) is 8.70. The molecule has 3 N–H and O–H groups in total. The van der Waals surface area contributed by atoms with Crippen molar-refractivity contribution >= 4 is 27.8 Å². The largest absolute Gasteiger partial charge is 0.366 e. The highest BCUT2D eigenvalue weighted by molar-refractivity contribution is 9.10. The molecule has 0 saturated heterocycles. The predicted molar refractivity (Wildman–Crippen MR) is 98.9 cm³/mol. The summed E-state index contributed by atoms with van der Waals surface area (Å²) in [6.45, 7) is 2.10. The molecule has 2 heterocycles. The van der Waals surface area contributed by atoms with Crippen molar-refractivity contribution in [3.63, 3.8) is 0 Å². The molecule has 1 aromatic heterocycles. The van der Waals surface area contributed by atoms with Crippen LogP contribution in [-0.2, 0) is 0 Å². The van der Waals surface area contributed by atoms with Crippen molar-refractivity contribution < 1.29 is 0 Å². The Kier molecular flexibility index (Phi) is 3.76. The van der Waals surface area contributed by atoms with Gasteiger partial charge < -0.3 is 11.1 Å². The van der Waals surface area contributed by atoms with Crippen LogP contribution in [0.5, 0.6) is 0 Å². The predicted octanol–water partition coefficient (Wildman–Crippen LogP) is 4.08. The third-order valence-electron chi connectivity index (χ3n) is 4.40. The van der Waals surface area contributed by atoms with Crippen molar-refractivity contribution in [3.05, 3.63) is 69.7 Å². The van der Waals surface area contributed by atoms with E-state index in [-0.39, 0.29) is 12.1 Å². The van der Waals surface area contributed by atoms with Gasteiger partial charge in [0.05, 0.1) is 12.1 Å². The van der Waals surface area contributed by atoms with E-state index in [2.05, 4.69) is 86.8 Å². The molecule has 1 aliphatic rings. The summed E-state index contributed by atoms with van der Waals surface area (Å²) in [6.07, 6.45) is 0.890. The highest BCUT2D eigenvalue weighted by atomic mass is 79.9. The first-order chi connectivity index (χ1) is 11.6. The number of anilines is 2. The minimum absolute atomic E-state index is 0.111.